The van der Waals surface area contributed by atoms with Crippen molar-refractivity contribution < 1.29 is 18.1 Å². The minimum absolute atomic E-state index is 0.138. The third kappa shape index (κ3) is 11.4. The van der Waals surface area contributed by atoms with Crippen molar-refractivity contribution in [2.24, 2.45) is 0 Å². The van der Waals surface area contributed by atoms with Gasteiger partial charge in [0.1, 0.15) is 0 Å². The van der Waals surface area contributed by atoms with Gasteiger partial charge < -0.3 is 5.11 Å². The fourth-order valence-corrected chi connectivity index (χ4v) is 2.61. The van der Waals surface area contributed by atoms with Gasteiger partial charge in [-0.25, -0.2) is 0 Å². The van der Waals surface area contributed by atoms with E-state index in [1.807, 2.05) is 0 Å². The summed E-state index contributed by atoms with van der Waals surface area (Å²) in [5, 5.41) is 8.90. The summed E-state index contributed by atoms with van der Waals surface area (Å²) in [7, 11) is -3.85. The molecule has 2 N–H and O–H groups in total. The highest BCUT2D eigenvalue weighted by Crippen LogP contribution is 2.14. The van der Waals surface area contributed by atoms with Gasteiger partial charge in [0.25, 0.3) is 10.1 Å². The van der Waals surface area contributed by atoms with E-state index in [2.05, 4.69) is 6.92 Å². The number of aliphatic hydroxyl groups is 1. The van der Waals surface area contributed by atoms with Gasteiger partial charge in [0, 0.05) is 0 Å². The Bertz CT molecular complexity index is 301. The summed E-state index contributed by atoms with van der Waals surface area (Å²) < 4.78 is 30.4. The molecular formula is C14H30O4S. The van der Waals surface area contributed by atoms with Crippen molar-refractivity contribution in [1.82, 2.24) is 0 Å². The van der Waals surface area contributed by atoms with Gasteiger partial charge in [-0.3, -0.25) is 4.55 Å². The summed E-state index contributed by atoms with van der Waals surface area (Å²) in [6.07, 6.45) is 9.53. The van der Waals surface area contributed by atoms with Crippen LogP contribution in [0.2, 0.25) is 0 Å². The van der Waals surface area contributed by atoms with Crippen molar-refractivity contribution in [3.63, 3.8) is 0 Å². The zero-order valence-electron chi connectivity index (χ0n) is 12.3. The number of rotatable bonds is 12. The van der Waals surface area contributed by atoms with E-state index in [1.54, 1.807) is 6.92 Å². The molecule has 0 amide bonds. The summed E-state index contributed by atoms with van der Waals surface area (Å²) in [5.74, 6) is 0. The molecule has 0 heterocycles. The Morgan fingerprint density at radius 3 is 1.84 bits per heavy atom. The molecule has 0 aromatic rings. The van der Waals surface area contributed by atoms with Crippen LogP contribution in [0.25, 0.3) is 0 Å². The van der Waals surface area contributed by atoms with Gasteiger partial charge in [0.2, 0.25) is 0 Å². The smallest absolute Gasteiger partial charge is 0.267 e. The van der Waals surface area contributed by atoms with E-state index in [9.17, 15) is 13.5 Å². The fraction of sp³-hybridized carbons (Fsp3) is 1.00. The minimum Gasteiger partial charge on any atom is -0.393 e. The molecule has 0 aliphatic heterocycles. The lowest BCUT2D eigenvalue weighted by Crippen LogP contribution is -2.16. The van der Waals surface area contributed by atoms with Crippen molar-refractivity contribution in [2.75, 3.05) is 0 Å². The maximum atomic E-state index is 10.8. The van der Waals surface area contributed by atoms with Crippen molar-refractivity contribution in [2.45, 2.75) is 89.4 Å². The summed E-state index contributed by atoms with van der Waals surface area (Å²) in [4.78, 5) is 0. The Kier molecular flexibility index (Phi) is 10.6. The van der Waals surface area contributed by atoms with Crippen LogP contribution >= 0.6 is 0 Å². The highest BCUT2D eigenvalue weighted by atomic mass is 32.2. The summed E-state index contributed by atoms with van der Waals surface area (Å²) in [5.41, 5.74) is 0. The van der Waals surface area contributed by atoms with Crippen molar-refractivity contribution in [3.05, 3.63) is 0 Å². The molecule has 116 valence electrons. The van der Waals surface area contributed by atoms with Crippen LogP contribution in [0.4, 0.5) is 0 Å². The van der Waals surface area contributed by atoms with Crippen molar-refractivity contribution >= 4 is 10.1 Å². The van der Waals surface area contributed by atoms with Crippen LogP contribution in [-0.4, -0.2) is 29.4 Å². The first-order valence-electron chi connectivity index (χ1n) is 7.52. The number of aliphatic hydroxyl groups excluding tert-OH is 1. The van der Waals surface area contributed by atoms with E-state index in [1.165, 1.54) is 0 Å². The molecule has 5 heteroatoms. The van der Waals surface area contributed by atoms with E-state index in [-0.39, 0.29) is 6.10 Å². The molecule has 0 aromatic heterocycles. The summed E-state index contributed by atoms with van der Waals surface area (Å²) in [6.45, 7) is 3.63. The third-order valence-corrected chi connectivity index (χ3v) is 4.78. The van der Waals surface area contributed by atoms with Crippen LogP contribution in [0.5, 0.6) is 0 Å². The maximum absolute atomic E-state index is 10.8. The molecule has 0 radical (unpaired) electrons. The molecule has 0 bridgehead atoms. The molecule has 0 saturated heterocycles. The predicted octanol–water partition coefficient (Wildman–Crippen LogP) is 3.54. The minimum atomic E-state index is -3.85. The topological polar surface area (TPSA) is 74.6 Å². The zero-order valence-corrected chi connectivity index (χ0v) is 13.2. The van der Waals surface area contributed by atoms with Crippen LogP contribution in [0.15, 0.2) is 0 Å². The third-order valence-electron chi connectivity index (χ3n) is 3.53. The highest BCUT2D eigenvalue weighted by Gasteiger charge is 2.15. The lowest BCUT2D eigenvalue weighted by molar-refractivity contribution is 0.150. The molecule has 0 aliphatic carbocycles. The Morgan fingerprint density at radius 2 is 1.37 bits per heavy atom. The highest BCUT2D eigenvalue weighted by molar-refractivity contribution is 7.86. The van der Waals surface area contributed by atoms with E-state index >= 15 is 0 Å². The van der Waals surface area contributed by atoms with Crippen LogP contribution in [0, 0.1) is 0 Å². The molecule has 0 rings (SSSR count). The molecule has 19 heavy (non-hydrogen) atoms. The Labute approximate surface area is 118 Å². The predicted molar refractivity (Wildman–Crippen MR) is 78.9 cm³/mol. The van der Waals surface area contributed by atoms with E-state index in [0.29, 0.717) is 6.42 Å². The van der Waals surface area contributed by atoms with Crippen molar-refractivity contribution in [1.29, 1.82) is 0 Å². The van der Waals surface area contributed by atoms with Gasteiger partial charge >= 0.3 is 0 Å². The first-order valence-corrected chi connectivity index (χ1v) is 9.02. The van der Waals surface area contributed by atoms with Crippen LogP contribution in [0.3, 0.4) is 0 Å². The molecule has 0 saturated carbocycles. The maximum Gasteiger partial charge on any atom is 0.267 e. The quantitative estimate of drug-likeness (QED) is 0.426. The van der Waals surface area contributed by atoms with E-state index in [4.69, 9.17) is 4.55 Å². The van der Waals surface area contributed by atoms with Gasteiger partial charge in [-0.15, -0.1) is 0 Å². The largest absolute Gasteiger partial charge is 0.393 e. The molecular weight excluding hydrogens is 264 g/mol. The lowest BCUT2D eigenvalue weighted by Gasteiger charge is -2.09. The standard InChI is InChI=1S/C14H30O4S/c1-3-10-14(15)12-9-7-5-4-6-8-11-13(2)19(16,17)18/h13-15H,3-12H2,1-2H3,(H,16,17,18). The average molecular weight is 294 g/mol. The molecule has 0 fully saturated rings. The Hall–Kier alpha value is -0.130. The Morgan fingerprint density at radius 1 is 0.895 bits per heavy atom. The SMILES string of the molecule is CCCC(O)CCCCCCCCC(C)S(=O)(=O)O. The summed E-state index contributed by atoms with van der Waals surface area (Å²) in [6, 6.07) is 0. The monoisotopic (exact) mass is 294 g/mol. The van der Waals surface area contributed by atoms with Crippen molar-refractivity contribution in [3.8, 4) is 0 Å². The second kappa shape index (κ2) is 10.6. The van der Waals surface area contributed by atoms with Gasteiger partial charge in [-0.2, -0.15) is 8.42 Å². The molecule has 2 atom stereocenters. The normalized spacial score (nSPS) is 15.4. The average Bonchev–Trinajstić information content (AvgIpc) is 2.31. The number of hydrogen-bond donors (Lipinski definition) is 2. The van der Waals surface area contributed by atoms with Gasteiger partial charge in [-0.05, 0) is 26.2 Å². The summed E-state index contributed by atoms with van der Waals surface area (Å²) >= 11 is 0. The lowest BCUT2D eigenvalue weighted by atomic mass is 10.0. The van der Waals surface area contributed by atoms with E-state index < -0.39 is 15.4 Å². The molecule has 0 aliphatic rings. The fourth-order valence-electron chi connectivity index (χ4n) is 2.15. The molecule has 0 spiro atoms. The first-order chi connectivity index (χ1) is 8.88. The van der Waals surface area contributed by atoms with Gasteiger partial charge in [0.15, 0.2) is 0 Å². The molecule has 4 nitrogen and oxygen atoms in total. The van der Waals surface area contributed by atoms with Gasteiger partial charge in [-0.1, -0.05) is 51.9 Å². The molecule has 0 aromatic carbocycles. The zero-order chi connectivity index (χ0) is 14.7. The van der Waals surface area contributed by atoms with Crippen LogP contribution < -0.4 is 0 Å². The number of hydrogen-bond acceptors (Lipinski definition) is 3. The van der Waals surface area contributed by atoms with Crippen LogP contribution in [-0.2, 0) is 10.1 Å². The Balaban J connectivity index is 3.33. The second-order valence-electron chi connectivity index (χ2n) is 5.47. The number of unbranched alkanes of at least 4 members (excludes halogenated alkanes) is 5. The van der Waals surface area contributed by atoms with Gasteiger partial charge in [0.05, 0.1) is 11.4 Å². The molecule has 2 unspecified atom stereocenters. The second-order valence-corrected chi connectivity index (χ2v) is 7.30. The van der Waals surface area contributed by atoms with E-state index in [0.717, 1.165) is 57.8 Å². The first kappa shape index (κ1) is 18.9. The van der Waals surface area contributed by atoms with Crippen LogP contribution in [0.1, 0.15) is 78.1 Å².